The molecule has 1 fully saturated rings. The fraction of sp³-hybridized carbons (Fsp3) is 0.600. The van der Waals surface area contributed by atoms with E-state index in [0.717, 1.165) is 5.56 Å². The summed E-state index contributed by atoms with van der Waals surface area (Å²) in [6.07, 6.45) is -0.303. The van der Waals surface area contributed by atoms with Crippen LogP contribution < -0.4 is 19.9 Å². The van der Waals surface area contributed by atoms with Crippen LogP contribution in [0.4, 0.5) is 4.79 Å². The highest BCUT2D eigenvalue weighted by Crippen LogP contribution is 2.39. The smallest absolute Gasteiger partial charge is 0.410 e. The van der Waals surface area contributed by atoms with Gasteiger partial charge in [-0.1, -0.05) is 0 Å². The molecule has 0 unspecified atom stereocenters. The number of benzene rings is 1. The van der Waals surface area contributed by atoms with E-state index in [1.807, 2.05) is 37.8 Å². The summed E-state index contributed by atoms with van der Waals surface area (Å²) < 4.78 is 21.6. The summed E-state index contributed by atoms with van der Waals surface area (Å²) in [7, 11) is 4.71. The molecule has 0 saturated carbocycles. The summed E-state index contributed by atoms with van der Waals surface area (Å²) in [6.45, 7) is 8.16. The lowest BCUT2D eigenvalue weighted by atomic mass is 10.1. The summed E-state index contributed by atoms with van der Waals surface area (Å²) in [6, 6.07) is 3.68. The fourth-order valence-corrected chi connectivity index (χ4v) is 3.00. The van der Waals surface area contributed by atoms with Gasteiger partial charge in [-0.25, -0.2) is 9.79 Å². The van der Waals surface area contributed by atoms with E-state index in [4.69, 9.17) is 24.7 Å². The monoisotopic (exact) mass is 408 g/mol. The van der Waals surface area contributed by atoms with E-state index in [0.29, 0.717) is 55.9 Å². The number of methoxy groups -OCH3 is 3. The van der Waals surface area contributed by atoms with Crippen molar-refractivity contribution in [1.82, 2.24) is 9.80 Å². The van der Waals surface area contributed by atoms with Gasteiger partial charge in [0, 0.05) is 31.7 Å². The van der Waals surface area contributed by atoms with Gasteiger partial charge in [-0.15, -0.1) is 0 Å². The van der Waals surface area contributed by atoms with Gasteiger partial charge in [0.1, 0.15) is 5.60 Å². The average Bonchev–Trinajstić information content (AvgIpc) is 2.69. The molecule has 1 aliphatic heterocycles. The Labute approximate surface area is 172 Å². The Bertz CT molecular complexity index is 737. The van der Waals surface area contributed by atoms with E-state index >= 15 is 0 Å². The van der Waals surface area contributed by atoms with Crippen LogP contribution in [0.25, 0.3) is 0 Å². The normalized spacial score (nSPS) is 15.2. The SMILES string of the molecule is COc1ccc(CN=C(N)N2CCN(C(=O)OC(C)(C)C)CC2)c(OC)c1OC. The van der Waals surface area contributed by atoms with Crippen LogP contribution in [0.3, 0.4) is 0 Å². The molecule has 162 valence electrons. The summed E-state index contributed by atoms with van der Waals surface area (Å²) in [5, 5.41) is 0. The second kappa shape index (κ2) is 9.58. The zero-order valence-electron chi connectivity index (χ0n) is 18.2. The molecule has 0 radical (unpaired) electrons. The quantitative estimate of drug-likeness (QED) is 0.588. The minimum absolute atomic E-state index is 0.303. The number of rotatable bonds is 5. The number of amides is 1. The number of guanidine groups is 1. The van der Waals surface area contributed by atoms with Crippen LogP contribution in [0.1, 0.15) is 26.3 Å². The van der Waals surface area contributed by atoms with Crippen LogP contribution in [0, 0.1) is 0 Å². The highest BCUT2D eigenvalue weighted by molar-refractivity contribution is 5.78. The predicted molar refractivity (Wildman–Crippen MR) is 111 cm³/mol. The maximum absolute atomic E-state index is 12.2. The number of piperazine rings is 1. The summed E-state index contributed by atoms with van der Waals surface area (Å²) >= 11 is 0. The van der Waals surface area contributed by atoms with E-state index in [-0.39, 0.29) is 6.09 Å². The Balaban J connectivity index is 2.00. The number of hydrogen-bond acceptors (Lipinski definition) is 6. The van der Waals surface area contributed by atoms with E-state index in [2.05, 4.69) is 4.99 Å². The van der Waals surface area contributed by atoms with Crippen molar-refractivity contribution in [3.63, 3.8) is 0 Å². The van der Waals surface area contributed by atoms with Gasteiger partial charge < -0.3 is 34.5 Å². The van der Waals surface area contributed by atoms with Crippen molar-refractivity contribution in [2.45, 2.75) is 32.9 Å². The third-order valence-electron chi connectivity index (χ3n) is 4.45. The molecule has 0 spiro atoms. The van der Waals surface area contributed by atoms with Gasteiger partial charge in [-0.05, 0) is 32.9 Å². The van der Waals surface area contributed by atoms with Crippen molar-refractivity contribution < 1.29 is 23.7 Å². The lowest BCUT2D eigenvalue weighted by molar-refractivity contribution is 0.0186. The third kappa shape index (κ3) is 5.82. The van der Waals surface area contributed by atoms with Crippen molar-refractivity contribution >= 4 is 12.1 Å². The Kier molecular flexibility index (Phi) is 7.41. The topological polar surface area (TPSA) is 98.9 Å². The van der Waals surface area contributed by atoms with Crippen molar-refractivity contribution in [3.05, 3.63) is 17.7 Å². The van der Waals surface area contributed by atoms with E-state index in [1.54, 1.807) is 26.2 Å². The number of carbonyl (C=O) groups is 1. The van der Waals surface area contributed by atoms with Gasteiger partial charge in [0.25, 0.3) is 0 Å². The Morgan fingerprint density at radius 3 is 2.10 bits per heavy atom. The van der Waals surface area contributed by atoms with E-state index in [1.165, 1.54) is 0 Å². The number of carbonyl (C=O) groups excluding carboxylic acids is 1. The minimum Gasteiger partial charge on any atom is -0.493 e. The van der Waals surface area contributed by atoms with Crippen molar-refractivity contribution in [2.24, 2.45) is 10.7 Å². The van der Waals surface area contributed by atoms with Crippen molar-refractivity contribution in [3.8, 4) is 17.2 Å². The van der Waals surface area contributed by atoms with E-state index in [9.17, 15) is 4.79 Å². The molecule has 1 aromatic rings. The van der Waals surface area contributed by atoms with E-state index < -0.39 is 5.60 Å². The van der Waals surface area contributed by atoms with Crippen LogP contribution in [-0.4, -0.2) is 75.0 Å². The molecular formula is C20H32N4O5. The Morgan fingerprint density at radius 1 is 1.00 bits per heavy atom. The fourth-order valence-electron chi connectivity index (χ4n) is 3.00. The maximum atomic E-state index is 12.2. The van der Waals surface area contributed by atoms with Crippen LogP contribution in [-0.2, 0) is 11.3 Å². The van der Waals surface area contributed by atoms with Gasteiger partial charge in [0.05, 0.1) is 27.9 Å². The lowest BCUT2D eigenvalue weighted by Crippen LogP contribution is -2.53. The largest absolute Gasteiger partial charge is 0.493 e. The highest BCUT2D eigenvalue weighted by Gasteiger charge is 2.26. The van der Waals surface area contributed by atoms with Crippen LogP contribution in [0.15, 0.2) is 17.1 Å². The number of nitrogens with zero attached hydrogens (tertiary/aromatic N) is 3. The number of aliphatic imine (C=N–C) groups is 1. The molecule has 1 aliphatic rings. The lowest BCUT2D eigenvalue weighted by Gasteiger charge is -2.36. The molecule has 9 nitrogen and oxygen atoms in total. The second-order valence-corrected chi connectivity index (χ2v) is 7.62. The zero-order valence-corrected chi connectivity index (χ0v) is 18.2. The predicted octanol–water partition coefficient (Wildman–Crippen LogP) is 2.08. The molecule has 29 heavy (non-hydrogen) atoms. The van der Waals surface area contributed by atoms with Crippen LogP contribution >= 0.6 is 0 Å². The first kappa shape index (κ1) is 22.4. The van der Waals surface area contributed by atoms with Gasteiger partial charge in [0.15, 0.2) is 17.5 Å². The number of hydrogen-bond donors (Lipinski definition) is 1. The molecule has 1 aromatic carbocycles. The van der Waals surface area contributed by atoms with Gasteiger partial charge in [-0.3, -0.25) is 0 Å². The number of nitrogens with two attached hydrogens (primary N) is 1. The molecule has 0 atom stereocenters. The third-order valence-corrected chi connectivity index (χ3v) is 4.45. The average molecular weight is 408 g/mol. The summed E-state index contributed by atoms with van der Waals surface area (Å²) in [4.78, 5) is 20.3. The zero-order chi connectivity index (χ0) is 21.6. The maximum Gasteiger partial charge on any atom is 0.410 e. The molecule has 1 amide bonds. The summed E-state index contributed by atoms with van der Waals surface area (Å²) in [5.41, 5.74) is 6.51. The van der Waals surface area contributed by atoms with Gasteiger partial charge in [-0.2, -0.15) is 0 Å². The first-order valence-electron chi connectivity index (χ1n) is 9.50. The van der Waals surface area contributed by atoms with Crippen LogP contribution in [0.5, 0.6) is 17.2 Å². The molecule has 2 N–H and O–H groups in total. The molecule has 0 bridgehead atoms. The molecule has 1 saturated heterocycles. The molecule has 1 heterocycles. The standard InChI is InChI=1S/C20H32N4O5/c1-20(2,3)29-19(25)24-11-9-23(10-12-24)18(21)22-13-14-7-8-15(26-4)17(28-6)16(14)27-5/h7-8H,9-13H2,1-6H3,(H2,21,22). The molecule has 9 heteroatoms. The van der Waals surface area contributed by atoms with Crippen LogP contribution in [0.2, 0.25) is 0 Å². The first-order valence-corrected chi connectivity index (χ1v) is 9.50. The molecule has 0 aliphatic carbocycles. The number of ether oxygens (including phenoxy) is 4. The molecular weight excluding hydrogens is 376 g/mol. The van der Waals surface area contributed by atoms with Gasteiger partial charge in [0.2, 0.25) is 5.75 Å². The summed E-state index contributed by atoms with van der Waals surface area (Å²) in [5.74, 6) is 2.10. The Hall–Kier alpha value is -2.84. The van der Waals surface area contributed by atoms with Crippen molar-refractivity contribution in [2.75, 3.05) is 47.5 Å². The van der Waals surface area contributed by atoms with Crippen molar-refractivity contribution in [1.29, 1.82) is 0 Å². The molecule has 0 aromatic heterocycles. The molecule has 2 rings (SSSR count). The first-order chi connectivity index (χ1) is 13.7. The minimum atomic E-state index is -0.507. The Morgan fingerprint density at radius 2 is 1.59 bits per heavy atom. The van der Waals surface area contributed by atoms with Gasteiger partial charge >= 0.3 is 6.09 Å². The highest BCUT2D eigenvalue weighted by atomic mass is 16.6. The second-order valence-electron chi connectivity index (χ2n) is 7.62.